The van der Waals surface area contributed by atoms with Crippen LogP contribution in [0.15, 0.2) is 110 Å². The molecule has 4 aromatic rings. The quantitative estimate of drug-likeness (QED) is 0.218. The van der Waals surface area contributed by atoms with Crippen LogP contribution in [-0.4, -0.2) is 16.8 Å². The molecule has 0 bridgehead atoms. The second-order valence-electron chi connectivity index (χ2n) is 9.84. The van der Waals surface area contributed by atoms with Crippen LogP contribution in [-0.2, 0) is 44.7 Å². The number of carbonyl (C=O) groups is 2. The van der Waals surface area contributed by atoms with E-state index in [1.807, 2.05) is 48.5 Å². The van der Waals surface area contributed by atoms with Crippen molar-refractivity contribution in [3.8, 4) is 22.3 Å². The predicted octanol–water partition coefficient (Wildman–Crippen LogP) is 5.19. The molecule has 0 radical (unpaired) electrons. The van der Waals surface area contributed by atoms with Gasteiger partial charge in [0.1, 0.15) is 0 Å². The van der Waals surface area contributed by atoms with Gasteiger partial charge in [0.25, 0.3) is 0 Å². The number of carbonyl (C=O) groups excluding carboxylic acids is 2. The van der Waals surface area contributed by atoms with E-state index in [0.29, 0.717) is 20.6 Å². The average molecular weight is 534 g/mol. The normalized spacial score (nSPS) is 13.0. The maximum atomic E-state index is 13.1. The van der Waals surface area contributed by atoms with Crippen LogP contribution in [0.2, 0.25) is 0 Å². The third-order valence-corrected chi connectivity index (χ3v) is 14.6. The molecule has 0 amide bonds. The van der Waals surface area contributed by atoms with Gasteiger partial charge in [-0.05, 0) is 0 Å². The van der Waals surface area contributed by atoms with Gasteiger partial charge in [0.15, 0.2) is 0 Å². The van der Waals surface area contributed by atoms with Crippen LogP contribution in [0, 0.1) is 0 Å². The second-order valence-corrected chi connectivity index (χ2v) is 16.1. The van der Waals surface area contributed by atoms with Crippen molar-refractivity contribution in [2.75, 3.05) is 0 Å². The SMILES string of the molecule is C=CC(=O)[O][Ti](=[CH2])([O]C(=O)C=C)([c]1cccc2c1Cc1ccccc1-2)[c]1cccc2c1Cc1ccccc1-2. The Hall–Kier alpha value is -4.12. The molecular formula is C33H26O4Ti. The van der Waals surface area contributed by atoms with Crippen LogP contribution in [0.5, 0.6) is 0 Å². The molecule has 6 rings (SSSR count). The van der Waals surface area contributed by atoms with Crippen molar-refractivity contribution in [2.45, 2.75) is 12.8 Å². The van der Waals surface area contributed by atoms with E-state index in [1.165, 1.54) is 0 Å². The van der Waals surface area contributed by atoms with Crippen molar-refractivity contribution in [1.82, 2.24) is 0 Å². The minimum absolute atomic E-state index is 0.614. The Balaban J connectivity index is 1.71. The number of hydrogen-bond donors (Lipinski definition) is 0. The van der Waals surface area contributed by atoms with E-state index in [-0.39, 0.29) is 0 Å². The predicted molar refractivity (Wildman–Crippen MR) is 148 cm³/mol. The summed E-state index contributed by atoms with van der Waals surface area (Å²) in [6, 6.07) is 28.1. The summed E-state index contributed by atoms with van der Waals surface area (Å²) in [6.45, 7) is 7.28. The summed E-state index contributed by atoms with van der Waals surface area (Å²) in [6.07, 6.45) is 3.43. The van der Waals surface area contributed by atoms with Crippen LogP contribution >= 0.6 is 0 Å². The summed E-state index contributed by atoms with van der Waals surface area (Å²) in [4.78, 5) is 31.0. The summed E-state index contributed by atoms with van der Waals surface area (Å²) in [5, 5.41) is 0. The van der Waals surface area contributed by atoms with Crippen LogP contribution in [0.4, 0.5) is 0 Å². The molecule has 4 nitrogen and oxygen atoms in total. The Morgan fingerprint density at radius 1 is 0.605 bits per heavy atom. The molecule has 4 aromatic carbocycles. The Morgan fingerprint density at radius 2 is 1.00 bits per heavy atom. The van der Waals surface area contributed by atoms with E-state index in [4.69, 9.17) is 11.5 Å². The van der Waals surface area contributed by atoms with Crippen molar-refractivity contribution in [3.05, 3.63) is 132 Å². The first-order valence-corrected chi connectivity index (χ1v) is 16.5. The third kappa shape index (κ3) is 3.45. The summed E-state index contributed by atoms with van der Waals surface area (Å²) in [5.41, 5.74) is 8.51. The summed E-state index contributed by atoms with van der Waals surface area (Å²) >= 11 is -5.72. The molecule has 0 aromatic heterocycles. The standard InChI is InChI=1S/2C13H9.2C3H4O2.CH2.Ti/c2*1-3-7-12-10(5-1)9-11-6-2-4-8-13(11)12;2*1-2-3(4)5;;/h2*1-5,7-8H,9H2;2*2H,1H2,(H,4,5);1H2;/q;;;;;+2/p-2. The molecule has 0 saturated heterocycles. The average Bonchev–Trinajstić information content (AvgIpc) is 3.51. The molecule has 0 aliphatic heterocycles. The summed E-state index contributed by atoms with van der Waals surface area (Å²) < 4.78 is 14.1. The monoisotopic (exact) mass is 534 g/mol. The van der Waals surface area contributed by atoms with Crippen LogP contribution in [0.1, 0.15) is 22.3 Å². The van der Waals surface area contributed by atoms with Crippen LogP contribution < -0.4 is 7.74 Å². The van der Waals surface area contributed by atoms with Crippen LogP contribution in [0.3, 0.4) is 0 Å². The Bertz CT molecular complexity index is 1630. The van der Waals surface area contributed by atoms with Gasteiger partial charge >= 0.3 is 224 Å². The van der Waals surface area contributed by atoms with Gasteiger partial charge in [0.05, 0.1) is 0 Å². The van der Waals surface area contributed by atoms with Gasteiger partial charge in [-0.25, -0.2) is 0 Å². The third-order valence-electron chi connectivity index (χ3n) is 7.76. The van der Waals surface area contributed by atoms with Gasteiger partial charge in [-0.2, -0.15) is 0 Å². The molecule has 0 heterocycles. The fourth-order valence-electron chi connectivity index (χ4n) is 6.16. The minimum atomic E-state index is -5.72. The van der Waals surface area contributed by atoms with E-state index >= 15 is 0 Å². The Labute approximate surface area is 223 Å². The van der Waals surface area contributed by atoms with E-state index in [9.17, 15) is 9.59 Å². The topological polar surface area (TPSA) is 52.6 Å². The number of fused-ring (bicyclic) bond motifs is 6. The number of benzene rings is 4. The molecule has 5 heteroatoms. The van der Waals surface area contributed by atoms with E-state index in [0.717, 1.165) is 56.7 Å². The molecule has 2 aliphatic carbocycles. The molecular weight excluding hydrogens is 508 g/mol. The summed E-state index contributed by atoms with van der Waals surface area (Å²) in [5.74, 6) is -1.37. The molecule has 0 atom stereocenters. The first-order chi connectivity index (χ1) is 18.4. The molecule has 0 N–H and O–H groups in total. The first kappa shape index (κ1) is 24.2. The maximum absolute atomic E-state index is 13.1. The number of rotatable bonds is 6. The van der Waals surface area contributed by atoms with Crippen molar-refractivity contribution < 1.29 is 31.8 Å². The van der Waals surface area contributed by atoms with Crippen LogP contribution in [0.25, 0.3) is 22.3 Å². The molecule has 0 unspecified atom stereocenters. The first-order valence-electron chi connectivity index (χ1n) is 12.5. The number of hydrogen-bond acceptors (Lipinski definition) is 4. The molecule has 0 spiro atoms. The molecule has 0 fully saturated rings. The molecule has 38 heavy (non-hydrogen) atoms. The van der Waals surface area contributed by atoms with Gasteiger partial charge in [0, 0.05) is 0 Å². The zero-order valence-corrected chi connectivity index (χ0v) is 22.5. The Kier molecular flexibility index (Phi) is 5.57. The fourth-order valence-corrected chi connectivity index (χ4v) is 12.9. The zero-order valence-electron chi connectivity index (χ0n) is 20.9. The van der Waals surface area contributed by atoms with Gasteiger partial charge < -0.3 is 0 Å². The second kappa shape index (κ2) is 8.73. The van der Waals surface area contributed by atoms with E-state index in [2.05, 4.69) is 49.6 Å². The van der Waals surface area contributed by atoms with Crippen molar-refractivity contribution >= 4 is 24.5 Å². The van der Waals surface area contributed by atoms with Gasteiger partial charge in [-0.3, -0.25) is 0 Å². The van der Waals surface area contributed by atoms with Gasteiger partial charge in [-0.15, -0.1) is 0 Å². The van der Waals surface area contributed by atoms with Crippen molar-refractivity contribution in [1.29, 1.82) is 0 Å². The Morgan fingerprint density at radius 3 is 1.42 bits per heavy atom. The van der Waals surface area contributed by atoms with E-state index in [1.54, 1.807) is 0 Å². The van der Waals surface area contributed by atoms with Crippen molar-refractivity contribution in [3.63, 3.8) is 0 Å². The molecule has 2 aliphatic rings. The van der Waals surface area contributed by atoms with Gasteiger partial charge in [-0.1, -0.05) is 0 Å². The van der Waals surface area contributed by atoms with Gasteiger partial charge in [0.2, 0.25) is 0 Å². The summed E-state index contributed by atoms with van der Waals surface area (Å²) in [7, 11) is 0. The zero-order chi connectivity index (χ0) is 26.5. The molecule has 0 saturated carbocycles. The molecule has 186 valence electrons. The fraction of sp³-hybridized carbons (Fsp3) is 0.0606. The van der Waals surface area contributed by atoms with E-state index < -0.39 is 27.6 Å². The van der Waals surface area contributed by atoms with Crippen molar-refractivity contribution in [2.24, 2.45) is 0 Å².